The number of carbonyl (C=O) groups is 4. The first-order valence-corrected chi connectivity index (χ1v) is 10.9. The number of carbonyl (C=O) groups excluding carboxylic acids is 3. The molecule has 1 aromatic carbocycles. The van der Waals surface area contributed by atoms with E-state index >= 15 is 0 Å². The van der Waals surface area contributed by atoms with Crippen molar-refractivity contribution in [3.05, 3.63) is 59.5 Å². The zero-order valence-electron chi connectivity index (χ0n) is 17.9. The Labute approximate surface area is 189 Å². The summed E-state index contributed by atoms with van der Waals surface area (Å²) in [5.41, 5.74) is -0.303. The van der Waals surface area contributed by atoms with Crippen LogP contribution in [0.15, 0.2) is 47.1 Å². The van der Waals surface area contributed by atoms with Gasteiger partial charge in [-0.3, -0.25) is 14.5 Å². The number of amides is 3. The average molecular weight is 461 g/mol. The predicted molar refractivity (Wildman–Crippen MR) is 117 cm³/mol. The molecule has 0 aliphatic carbocycles. The van der Waals surface area contributed by atoms with Crippen LogP contribution in [0.4, 0.5) is 4.79 Å². The Morgan fingerprint density at radius 1 is 1.12 bits per heavy atom. The van der Waals surface area contributed by atoms with Crippen LogP contribution in [0.1, 0.15) is 52.5 Å². The monoisotopic (exact) mass is 460 g/mol. The number of imide groups is 1. The molecular weight excluding hydrogens is 436 g/mol. The molecule has 10 heteroatoms. The number of rotatable bonds is 8. The number of benzene rings is 1. The minimum atomic E-state index is -1.38. The molecule has 1 aliphatic rings. The molecule has 0 bridgehead atoms. The lowest BCUT2D eigenvalue weighted by atomic mass is 10.1. The molecule has 1 aromatic heterocycles. The third-order valence-electron chi connectivity index (χ3n) is 4.57. The first kappa shape index (κ1) is 23.4. The van der Waals surface area contributed by atoms with E-state index in [1.165, 1.54) is 18.4 Å². The predicted octanol–water partition coefficient (Wildman–Crippen LogP) is 3.33. The van der Waals surface area contributed by atoms with Crippen molar-refractivity contribution < 1.29 is 33.4 Å². The van der Waals surface area contributed by atoms with Crippen LogP contribution in [0, 0.1) is 0 Å². The maximum absolute atomic E-state index is 12.7. The van der Waals surface area contributed by atoms with Gasteiger partial charge in [0.05, 0.1) is 22.6 Å². The van der Waals surface area contributed by atoms with Crippen molar-refractivity contribution in [2.24, 2.45) is 0 Å². The molecule has 2 aromatic rings. The fraction of sp³-hybridized carbons (Fsp3) is 0.364. The number of hydrogen-bond acceptors (Lipinski definition) is 7. The Bertz CT molecular complexity index is 979. The number of ether oxygens (including phenoxy) is 1. The van der Waals surface area contributed by atoms with Crippen LogP contribution in [0.2, 0.25) is 0 Å². The van der Waals surface area contributed by atoms with Gasteiger partial charge in [0, 0.05) is 12.3 Å². The van der Waals surface area contributed by atoms with E-state index in [2.05, 4.69) is 5.32 Å². The van der Waals surface area contributed by atoms with Crippen LogP contribution < -0.4 is 5.32 Å². The van der Waals surface area contributed by atoms with Gasteiger partial charge in [0.2, 0.25) is 0 Å². The highest BCUT2D eigenvalue weighted by Gasteiger charge is 2.43. The highest BCUT2D eigenvalue weighted by Crippen LogP contribution is 2.32. The molecule has 32 heavy (non-hydrogen) atoms. The van der Waals surface area contributed by atoms with Crippen molar-refractivity contribution in [3.8, 4) is 0 Å². The number of alkyl carbamates (subject to hydrolysis) is 1. The van der Waals surface area contributed by atoms with E-state index in [1.807, 2.05) is 0 Å². The van der Waals surface area contributed by atoms with Crippen LogP contribution in [0.25, 0.3) is 0 Å². The molecule has 0 saturated heterocycles. The maximum atomic E-state index is 12.7. The van der Waals surface area contributed by atoms with Crippen LogP contribution in [-0.2, 0) is 9.53 Å². The number of hydrogen-bond donors (Lipinski definition) is 2. The molecule has 1 aliphatic heterocycles. The smallest absolute Gasteiger partial charge is 0.407 e. The molecule has 2 N–H and O–H groups in total. The third-order valence-corrected chi connectivity index (χ3v) is 5.88. The minimum absolute atomic E-state index is 0.0951. The zero-order valence-corrected chi connectivity index (χ0v) is 18.7. The number of nitrogens with one attached hydrogen (secondary N) is 1. The normalized spacial score (nSPS) is 15.3. The van der Waals surface area contributed by atoms with Crippen LogP contribution >= 0.6 is 11.8 Å². The first-order chi connectivity index (χ1) is 15.1. The lowest BCUT2D eigenvalue weighted by Gasteiger charge is -2.25. The summed E-state index contributed by atoms with van der Waals surface area (Å²) >= 11 is 1.15. The van der Waals surface area contributed by atoms with Crippen LogP contribution in [0.5, 0.6) is 0 Å². The topological polar surface area (TPSA) is 126 Å². The number of fused-ring (bicyclic) bond motifs is 1. The number of furan rings is 1. The summed E-state index contributed by atoms with van der Waals surface area (Å²) in [7, 11) is 0. The van der Waals surface area contributed by atoms with Gasteiger partial charge in [-0.15, -0.1) is 11.8 Å². The summed E-state index contributed by atoms with van der Waals surface area (Å²) in [6, 6.07) is 8.23. The SMILES string of the molecule is CC(C)(C)OC(=O)NCC(SCC(C(=O)O)N1C(=O)c2ccccc2C1=O)c1ccco1. The Hall–Kier alpha value is -3.27. The van der Waals surface area contributed by atoms with E-state index in [4.69, 9.17) is 9.15 Å². The van der Waals surface area contributed by atoms with Crippen molar-refractivity contribution >= 4 is 35.6 Å². The molecule has 9 nitrogen and oxygen atoms in total. The number of carboxylic acids is 1. The van der Waals surface area contributed by atoms with Crippen LogP contribution in [0.3, 0.4) is 0 Å². The highest BCUT2D eigenvalue weighted by molar-refractivity contribution is 7.99. The number of nitrogens with zero attached hydrogens (tertiary/aromatic N) is 1. The molecule has 2 heterocycles. The third kappa shape index (κ3) is 5.31. The fourth-order valence-electron chi connectivity index (χ4n) is 3.16. The first-order valence-electron chi connectivity index (χ1n) is 9.90. The summed E-state index contributed by atoms with van der Waals surface area (Å²) in [4.78, 5) is 50.2. The summed E-state index contributed by atoms with van der Waals surface area (Å²) in [6.45, 7) is 5.32. The molecule has 170 valence electrons. The second-order valence-corrected chi connectivity index (χ2v) is 9.34. The van der Waals surface area contributed by atoms with Crippen molar-refractivity contribution in [3.63, 3.8) is 0 Å². The Morgan fingerprint density at radius 3 is 2.25 bits per heavy atom. The van der Waals surface area contributed by atoms with Gasteiger partial charge in [-0.25, -0.2) is 9.59 Å². The molecule has 0 spiro atoms. The molecule has 0 saturated carbocycles. The molecule has 2 unspecified atom stereocenters. The highest BCUT2D eigenvalue weighted by atomic mass is 32.2. The Balaban J connectivity index is 1.72. The van der Waals surface area contributed by atoms with Crippen molar-refractivity contribution in [1.82, 2.24) is 10.2 Å². The molecule has 3 amide bonds. The molecule has 0 fully saturated rings. The molecule has 3 rings (SSSR count). The van der Waals surface area contributed by atoms with E-state index in [1.54, 1.807) is 45.0 Å². The molecule has 2 atom stereocenters. The van der Waals surface area contributed by atoms with Crippen molar-refractivity contribution in [2.45, 2.75) is 37.7 Å². The lowest BCUT2D eigenvalue weighted by molar-refractivity contribution is -0.140. The summed E-state index contributed by atoms with van der Waals surface area (Å²) in [5.74, 6) is -2.16. The van der Waals surface area contributed by atoms with E-state index in [-0.39, 0.29) is 23.4 Å². The van der Waals surface area contributed by atoms with Gasteiger partial charge in [0.25, 0.3) is 11.8 Å². The number of aliphatic carboxylic acids is 1. The van der Waals surface area contributed by atoms with E-state index in [0.717, 1.165) is 16.7 Å². The largest absolute Gasteiger partial charge is 0.480 e. The average Bonchev–Trinajstić information content (AvgIpc) is 3.32. The Kier molecular flexibility index (Phi) is 6.93. The standard InChI is InChI=1S/C22H24N2O7S/c1-22(2,3)31-21(29)23-11-17(16-9-6-10-30-16)32-12-15(20(27)28)24-18(25)13-7-4-5-8-14(13)19(24)26/h4-10,15,17H,11-12H2,1-3H3,(H,23,29)(H,27,28). The van der Waals surface area contributed by atoms with Gasteiger partial charge in [0.15, 0.2) is 0 Å². The van der Waals surface area contributed by atoms with Crippen molar-refractivity contribution in [1.29, 1.82) is 0 Å². The summed E-state index contributed by atoms with van der Waals surface area (Å²) in [6.07, 6.45) is 0.847. The Morgan fingerprint density at radius 2 is 1.75 bits per heavy atom. The van der Waals surface area contributed by atoms with Crippen molar-refractivity contribution in [2.75, 3.05) is 12.3 Å². The number of carboxylic acid groups (broad SMARTS) is 1. The second kappa shape index (κ2) is 9.47. The van der Waals surface area contributed by atoms with E-state index < -0.39 is 40.8 Å². The molecular formula is C22H24N2O7S. The minimum Gasteiger partial charge on any atom is -0.480 e. The van der Waals surface area contributed by atoms with Gasteiger partial charge in [0.1, 0.15) is 17.4 Å². The maximum Gasteiger partial charge on any atom is 0.407 e. The molecule has 0 radical (unpaired) electrons. The van der Waals surface area contributed by atoms with Gasteiger partial charge >= 0.3 is 12.1 Å². The summed E-state index contributed by atoms with van der Waals surface area (Å²) < 4.78 is 10.7. The summed E-state index contributed by atoms with van der Waals surface area (Å²) in [5, 5.41) is 11.9. The van der Waals surface area contributed by atoms with E-state index in [0.29, 0.717) is 5.76 Å². The van der Waals surface area contributed by atoms with Gasteiger partial charge < -0.3 is 19.6 Å². The van der Waals surface area contributed by atoms with E-state index in [9.17, 15) is 24.3 Å². The van der Waals surface area contributed by atoms with Gasteiger partial charge in [-0.2, -0.15) is 0 Å². The zero-order chi connectivity index (χ0) is 23.5. The number of thioether (sulfide) groups is 1. The van der Waals surface area contributed by atoms with Crippen LogP contribution in [-0.4, -0.2) is 57.8 Å². The van der Waals surface area contributed by atoms with Gasteiger partial charge in [-0.05, 0) is 45.0 Å². The second-order valence-electron chi connectivity index (χ2n) is 8.10. The lowest BCUT2D eigenvalue weighted by Crippen LogP contribution is -2.46. The van der Waals surface area contributed by atoms with Gasteiger partial charge in [-0.1, -0.05) is 12.1 Å². The quantitative estimate of drug-likeness (QED) is 0.575. The fourth-order valence-corrected chi connectivity index (χ4v) is 4.37.